The van der Waals surface area contributed by atoms with Gasteiger partial charge in [0.2, 0.25) is 5.95 Å². The van der Waals surface area contributed by atoms with Gasteiger partial charge in [0.15, 0.2) is 11.6 Å². The van der Waals surface area contributed by atoms with Crippen molar-refractivity contribution in [2.24, 2.45) is 5.92 Å². The quantitative estimate of drug-likeness (QED) is 0.367. The molecule has 0 unspecified atom stereocenters. The Balaban J connectivity index is 1.28. The molecule has 1 aliphatic carbocycles. The van der Waals surface area contributed by atoms with Gasteiger partial charge in [-0.25, -0.2) is 4.98 Å². The standard InChI is InChI=1S/C30H41N9O2/c1-4-24-28-37-36-19(2)39(28)25-17-32-30(35-27(25)38(24)18-20-8-6-5-7-9-20)34-23-11-10-21(16-26(23)41-3)29(40)33-22-12-14-31-15-13-22/h10-11,16-17,20,22,24,31H,4-9,12-15,18H2,1-3H3,(H,33,40)(H,32,34,35)/t24-/m1/s1. The highest BCUT2D eigenvalue weighted by atomic mass is 16.5. The first kappa shape index (κ1) is 27.4. The van der Waals surface area contributed by atoms with E-state index < -0.39 is 0 Å². The fourth-order valence-electron chi connectivity index (χ4n) is 6.53. The van der Waals surface area contributed by atoms with Gasteiger partial charge >= 0.3 is 0 Å². The van der Waals surface area contributed by atoms with Crippen LogP contribution in [0.1, 0.15) is 86.3 Å². The average molecular weight is 560 g/mol. The number of amides is 1. The minimum Gasteiger partial charge on any atom is -0.495 e. The van der Waals surface area contributed by atoms with E-state index >= 15 is 0 Å². The highest BCUT2D eigenvalue weighted by Gasteiger charge is 2.36. The summed E-state index contributed by atoms with van der Waals surface area (Å²) in [5, 5.41) is 18.8. The summed E-state index contributed by atoms with van der Waals surface area (Å²) in [4.78, 5) is 25.1. The van der Waals surface area contributed by atoms with Crippen molar-refractivity contribution in [1.29, 1.82) is 0 Å². The number of aromatic nitrogens is 5. The molecule has 1 saturated heterocycles. The van der Waals surface area contributed by atoms with Gasteiger partial charge in [-0.1, -0.05) is 26.2 Å². The van der Waals surface area contributed by atoms with Crippen LogP contribution in [0.5, 0.6) is 5.75 Å². The van der Waals surface area contributed by atoms with Gasteiger partial charge in [-0.3, -0.25) is 9.36 Å². The van der Waals surface area contributed by atoms with Crippen LogP contribution in [0.4, 0.5) is 17.5 Å². The van der Waals surface area contributed by atoms with Crippen molar-refractivity contribution in [3.05, 3.63) is 41.6 Å². The Labute approximate surface area is 241 Å². The highest BCUT2D eigenvalue weighted by Crippen LogP contribution is 2.41. The summed E-state index contributed by atoms with van der Waals surface area (Å²) in [6.45, 7) is 6.97. The van der Waals surface area contributed by atoms with Crippen molar-refractivity contribution in [2.75, 3.05) is 37.0 Å². The molecule has 0 bridgehead atoms. The number of hydrogen-bond acceptors (Lipinski definition) is 9. The molecule has 3 N–H and O–H groups in total. The molecule has 3 aromatic rings. The third-order valence-electron chi connectivity index (χ3n) is 8.74. The third kappa shape index (κ3) is 5.59. The maximum absolute atomic E-state index is 12.9. The van der Waals surface area contributed by atoms with Crippen LogP contribution in [0.3, 0.4) is 0 Å². The Morgan fingerprint density at radius 3 is 2.68 bits per heavy atom. The number of nitrogens with zero attached hydrogens (tertiary/aromatic N) is 6. The lowest BCUT2D eigenvalue weighted by molar-refractivity contribution is 0.0929. The molecule has 0 radical (unpaired) electrons. The predicted octanol–water partition coefficient (Wildman–Crippen LogP) is 4.45. The van der Waals surface area contributed by atoms with Gasteiger partial charge in [0.1, 0.15) is 17.3 Å². The second kappa shape index (κ2) is 12.0. The summed E-state index contributed by atoms with van der Waals surface area (Å²) in [7, 11) is 1.61. The molecule has 3 aliphatic rings. The number of rotatable bonds is 8. The molecule has 218 valence electrons. The van der Waals surface area contributed by atoms with Crippen LogP contribution >= 0.6 is 0 Å². The molecular formula is C30H41N9O2. The molecule has 2 aromatic heterocycles. The van der Waals surface area contributed by atoms with Crippen molar-refractivity contribution in [3.63, 3.8) is 0 Å². The zero-order chi connectivity index (χ0) is 28.3. The largest absolute Gasteiger partial charge is 0.495 e. The van der Waals surface area contributed by atoms with Crippen molar-refractivity contribution in [2.45, 2.75) is 77.3 Å². The van der Waals surface area contributed by atoms with Gasteiger partial charge in [0, 0.05) is 18.2 Å². The summed E-state index contributed by atoms with van der Waals surface area (Å²) >= 11 is 0. The number of nitrogens with one attached hydrogen (secondary N) is 3. The summed E-state index contributed by atoms with van der Waals surface area (Å²) in [6.07, 6.45) is 11.0. The summed E-state index contributed by atoms with van der Waals surface area (Å²) in [5.41, 5.74) is 2.18. The smallest absolute Gasteiger partial charge is 0.251 e. The van der Waals surface area contributed by atoms with Crippen molar-refractivity contribution >= 4 is 23.4 Å². The van der Waals surface area contributed by atoms with E-state index in [0.29, 0.717) is 28.9 Å². The Bertz CT molecular complexity index is 1380. The number of carbonyl (C=O) groups excluding carboxylic acids is 1. The number of fused-ring (bicyclic) bond motifs is 3. The number of methoxy groups -OCH3 is 1. The fraction of sp³-hybridized carbons (Fsp3) is 0.567. The minimum absolute atomic E-state index is 0.0872. The number of anilines is 3. The summed E-state index contributed by atoms with van der Waals surface area (Å²) < 4.78 is 7.78. The molecular weight excluding hydrogens is 518 g/mol. The Morgan fingerprint density at radius 1 is 1.12 bits per heavy atom. The van der Waals surface area contributed by atoms with Crippen LogP contribution in [-0.4, -0.2) is 63.4 Å². The number of aryl methyl sites for hydroxylation is 1. The SMILES string of the molecule is CC[C@@H]1c2nnc(C)n2-c2cnc(Nc3ccc(C(=O)NC4CCNCC4)cc3OC)nc2N1CC1CCCCC1. The topological polar surface area (TPSA) is 122 Å². The molecule has 1 saturated carbocycles. The maximum Gasteiger partial charge on any atom is 0.251 e. The molecule has 1 atom stereocenters. The second-order valence-corrected chi connectivity index (χ2v) is 11.5. The first-order chi connectivity index (χ1) is 20.1. The molecule has 2 fully saturated rings. The predicted molar refractivity (Wildman–Crippen MR) is 158 cm³/mol. The van der Waals surface area contributed by atoms with Gasteiger partial charge in [-0.15, -0.1) is 10.2 Å². The molecule has 11 heteroatoms. The van der Waals surface area contributed by atoms with Gasteiger partial charge in [0.25, 0.3) is 5.91 Å². The minimum atomic E-state index is -0.0872. The highest BCUT2D eigenvalue weighted by molar-refractivity contribution is 5.95. The molecule has 2 aliphatic heterocycles. The van der Waals surface area contributed by atoms with Gasteiger partial charge < -0.3 is 25.6 Å². The van der Waals surface area contributed by atoms with Crippen molar-refractivity contribution < 1.29 is 9.53 Å². The molecule has 11 nitrogen and oxygen atoms in total. The average Bonchev–Trinajstić information content (AvgIpc) is 3.39. The number of hydrogen-bond donors (Lipinski definition) is 3. The number of benzene rings is 1. The van der Waals surface area contributed by atoms with E-state index in [0.717, 1.165) is 62.1 Å². The summed E-state index contributed by atoms with van der Waals surface area (Å²) in [5.74, 6) is 4.27. The van der Waals surface area contributed by atoms with Crippen LogP contribution in [0, 0.1) is 12.8 Å². The van der Waals surface area contributed by atoms with E-state index in [1.54, 1.807) is 13.2 Å². The van der Waals surface area contributed by atoms with Crippen molar-refractivity contribution in [3.8, 4) is 11.4 Å². The number of carbonyl (C=O) groups is 1. The molecule has 41 heavy (non-hydrogen) atoms. The number of piperidine rings is 1. The van der Waals surface area contributed by atoms with Gasteiger partial charge in [0.05, 0.1) is 25.0 Å². The number of ether oxygens (including phenoxy) is 1. The van der Waals surface area contributed by atoms with E-state index in [1.807, 2.05) is 25.3 Å². The van der Waals surface area contributed by atoms with Crippen molar-refractivity contribution in [1.82, 2.24) is 35.4 Å². The normalized spacial score (nSPS) is 19.4. The Morgan fingerprint density at radius 2 is 1.93 bits per heavy atom. The van der Waals surface area contributed by atoms with Crippen LogP contribution in [0.2, 0.25) is 0 Å². The van der Waals surface area contributed by atoms with Gasteiger partial charge in [-0.05, 0) is 76.2 Å². The lowest BCUT2D eigenvalue weighted by atomic mass is 9.88. The lowest BCUT2D eigenvalue weighted by Crippen LogP contribution is -2.42. The monoisotopic (exact) mass is 559 g/mol. The molecule has 4 heterocycles. The Hall–Kier alpha value is -3.73. The molecule has 1 amide bonds. The first-order valence-corrected chi connectivity index (χ1v) is 15.1. The van der Waals surface area contributed by atoms with Crippen LogP contribution in [0.15, 0.2) is 24.4 Å². The molecule has 0 spiro atoms. The van der Waals surface area contributed by atoms with E-state index in [1.165, 1.54) is 32.1 Å². The lowest BCUT2D eigenvalue weighted by Gasteiger charge is -2.39. The second-order valence-electron chi connectivity index (χ2n) is 11.5. The first-order valence-electron chi connectivity index (χ1n) is 15.1. The molecule has 1 aromatic carbocycles. The van der Waals surface area contributed by atoms with E-state index in [9.17, 15) is 4.79 Å². The van der Waals surface area contributed by atoms with E-state index in [-0.39, 0.29) is 18.0 Å². The van der Waals surface area contributed by atoms with Crippen LogP contribution < -0.4 is 25.6 Å². The third-order valence-corrected chi connectivity index (χ3v) is 8.74. The van der Waals surface area contributed by atoms with Gasteiger partial charge in [-0.2, -0.15) is 4.98 Å². The maximum atomic E-state index is 12.9. The van der Waals surface area contributed by atoms with Crippen LogP contribution in [-0.2, 0) is 0 Å². The molecule has 6 rings (SSSR count). The van der Waals surface area contributed by atoms with Crippen LogP contribution in [0.25, 0.3) is 5.69 Å². The van der Waals surface area contributed by atoms with E-state index in [2.05, 4.69) is 47.5 Å². The Kier molecular flexibility index (Phi) is 8.04. The zero-order valence-corrected chi connectivity index (χ0v) is 24.3. The zero-order valence-electron chi connectivity index (χ0n) is 24.3. The van der Waals surface area contributed by atoms with E-state index in [4.69, 9.17) is 9.72 Å². The fourth-order valence-corrected chi connectivity index (χ4v) is 6.53. The summed E-state index contributed by atoms with van der Waals surface area (Å²) in [6, 6.07) is 5.73.